The average Bonchev–Trinajstić information content (AvgIpc) is 2.44. The van der Waals surface area contributed by atoms with E-state index in [2.05, 4.69) is 10.5 Å². The number of benzene rings is 1. The second kappa shape index (κ2) is 9.04. The van der Waals surface area contributed by atoms with Crippen LogP contribution in [0.1, 0.15) is 25.8 Å². The Labute approximate surface area is 134 Å². The van der Waals surface area contributed by atoms with Crippen molar-refractivity contribution in [1.82, 2.24) is 5.43 Å². The zero-order chi connectivity index (χ0) is 16.5. The van der Waals surface area contributed by atoms with Crippen molar-refractivity contribution >= 4 is 29.2 Å². The quantitative estimate of drug-likeness (QED) is 0.474. The summed E-state index contributed by atoms with van der Waals surface area (Å²) < 4.78 is 10.2. The molecule has 0 spiro atoms. The summed E-state index contributed by atoms with van der Waals surface area (Å²) in [5.74, 6) is -0.227. The standard InChI is InChI=1S/C15H19ClN2O4/c1-4-21-15(20)8-11(3)17-18-14(19)9-22-13-6-5-12(16)7-10(13)2/h5-7H,4,8-9H2,1-3H3,(H,18,19)/b17-11+. The van der Waals surface area contributed by atoms with E-state index in [0.29, 0.717) is 23.1 Å². The summed E-state index contributed by atoms with van der Waals surface area (Å²) in [5, 5.41) is 4.42. The molecule has 1 rings (SSSR count). The number of rotatable bonds is 7. The maximum atomic E-state index is 11.6. The first-order valence-electron chi connectivity index (χ1n) is 6.79. The van der Waals surface area contributed by atoms with Crippen molar-refractivity contribution in [1.29, 1.82) is 0 Å². The summed E-state index contributed by atoms with van der Waals surface area (Å²) in [5.41, 5.74) is 3.61. The molecule has 22 heavy (non-hydrogen) atoms. The predicted molar refractivity (Wildman–Crippen MR) is 84.2 cm³/mol. The Bertz CT molecular complexity index is 573. The summed E-state index contributed by atoms with van der Waals surface area (Å²) in [6.07, 6.45) is 0.0330. The minimum atomic E-state index is -0.419. The van der Waals surface area contributed by atoms with Crippen molar-refractivity contribution in [3.63, 3.8) is 0 Å². The Balaban J connectivity index is 2.41. The summed E-state index contributed by atoms with van der Waals surface area (Å²) >= 11 is 5.84. The lowest BCUT2D eigenvalue weighted by molar-refractivity contribution is -0.141. The van der Waals surface area contributed by atoms with Gasteiger partial charge in [-0.25, -0.2) is 5.43 Å². The van der Waals surface area contributed by atoms with Crippen LogP contribution in [0.15, 0.2) is 23.3 Å². The van der Waals surface area contributed by atoms with E-state index in [1.54, 1.807) is 32.0 Å². The molecule has 120 valence electrons. The van der Waals surface area contributed by atoms with Gasteiger partial charge < -0.3 is 9.47 Å². The number of nitrogens with one attached hydrogen (secondary N) is 1. The van der Waals surface area contributed by atoms with Gasteiger partial charge in [-0.15, -0.1) is 0 Å². The number of hydrazone groups is 1. The lowest BCUT2D eigenvalue weighted by Gasteiger charge is -2.08. The fraction of sp³-hybridized carbons (Fsp3) is 0.400. The molecule has 0 unspecified atom stereocenters. The largest absolute Gasteiger partial charge is 0.483 e. The van der Waals surface area contributed by atoms with E-state index in [1.807, 2.05) is 6.92 Å². The van der Waals surface area contributed by atoms with Crippen LogP contribution in [-0.2, 0) is 14.3 Å². The number of aryl methyl sites for hydroxylation is 1. The fourth-order valence-electron chi connectivity index (χ4n) is 1.57. The van der Waals surface area contributed by atoms with Gasteiger partial charge in [-0.05, 0) is 44.5 Å². The molecule has 0 heterocycles. The zero-order valence-corrected chi connectivity index (χ0v) is 13.6. The van der Waals surface area contributed by atoms with Crippen molar-refractivity contribution in [3.8, 4) is 5.75 Å². The first kappa shape index (κ1) is 18.0. The van der Waals surface area contributed by atoms with Crippen molar-refractivity contribution in [3.05, 3.63) is 28.8 Å². The Morgan fingerprint density at radius 1 is 1.36 bits per heavy atom. The highest BCUT2D eigenvalue weighted by Crippen LogP contribution is 2.21. The Morgan fingerprint density at radius 3 is 2.73 bits per heavy atom. The van der Waals surface area contributed by atoms with E-state index in [4.69, 9.17) is 21.1 Å². The van der Waals surface area contributed by atoms with Gasteiger partial charge >= 0.3 is 5.97 Å². The monoisotopic (exact) mass is 326 g/mol. The molecule has 0 aliphatic heterocycles. The summed E-state index contributed by atoms with van der Waals surface area (Å²) in [6.45, 7) is 5.32. The molecular formula is C15H19ClN2O4. The molecule has 0 saturated carbocycles. The number of halogens is 1. The maximum Gasteiger partial charge on any atom is 0.311 e. The van der Waals surface area contributed by atoms with E-state index in [1.165, 1.54) is 0 Å². The van der Waals surface area contributed by atoms with Crippen LogP contribution >= 0.6 is 11.6 Å². The number of carbonyl (C=O) groups is 2. The van der Waals surface area contributed by atoms with Crippen molar-refractivity contribution < 1.29 is 19.1 Å². The van der Waals surface area contributed by atoms with Crippen molar-refractivity contribution in [2.24, 2.45) is 5.10 Å². The first-order chi connectivity index (χ1) is 10.4. The predicted octanol–water partition coefficient (Wildman–Crippen LogP) is 2.47. The lowest BCUT2D eigenvalue weighted by Crippen LogP contribution is -2.26. The number of amides is 1. The van der Waals surface area contributed by atoms with E-state index in [9.17, 15) is 9.59 Å². The molecule has 1 aromatic rings. The maximum absolute atomic E-state index is 11.6. The van der Waals surface area contributed by atoms with Crippen LogP contribution in [0.2, 0.25) is 5.02 Å². The van der Waals surface area contributed by atoms with E-state index in [-0.39, 0.29) is 19.0 Å². The Kier molecular flexibility index (Phi) is 7.39. The summed E-state index contributed by atoms with van der Waals surface area (Å²) in [4.78, 5) is 22.8. The fourth-order valence-corrected chi connectivity index (χ4v) is 1.80. The van der Waals surface area contributed by atoms with Gasteiger partial charge in [0.05, 0.1) is 13.0 Å². The molecular weight excluding hydrogens is 308 g/mol. The van der Waals surface area contributed by atoms with Crippen molar-refractivity contribution in [2.45, 2.75) is 27.2 Å². The van der Waals surface area contributed by atoms with E-state index in [0.717, 1.165) is 5.56 Å². The first-order valence-corrected chi connectivity index (χ1v) is 7.16. The molecule has 0 fully saturated rings. The number of hydrogen-bond donors (Lipinski definition) is 1. The summed E-state index contributed by atoms with van der Waals surface area (Å²) in [7, 11) is 0. The highest BCUT2D eigenvalue weighted by molar-refractivity contribution is 6.30. The van der Waals surface area contributed by atoms with Gasteiger partial charge in [0.2, 0.25) is 0 Å². The van der Waals surface area contributed by atoms with Crippen LogP contribution in [0.5, 0.6) is 5.75 Å². The molecule has 0 atom stereocenters. The minimum Gasteiger partial charge on any atom is -0.483 e. The number of carbonyl (C=O) groups excluding carboxylic acids is 2. The van der Waals surface area contributed by atoms with Crippen LogP contribution in [0.3, 0.4) is 0 Å². The van der Waals surface area contributed by atoms with Crippen molar-refractivity contribution in [2.75, 3.05) is 13.2 Å². The van der Waals surface area contributed by atoms with Crippen LogP contribution < -0.4 is 10.2 Å². The number of esters is 1. The molecule has 0 aliphatic rings. The van der Waals surface area contributed by atoms with Crippen LogP contribution in [0, 0.1) is 6.92 Å². The van der Waals surface area contributed by atoms with Crippen LogP contribution in [0.4, 0.5) is 0 Å². The molecule has 0 aliphatic carbocycles. The topological polar surface area (TPSA) is 77.0 Å². The third kappa shape index (κ3) is 6.58. The number of ether oxygens (including phenoxy) is 2. The molecule has 1 aromatic carbocycles. The molecule has 1 N–H and O–H groups in total. The van der Waals surface area contributed by atoms with Gasteiger partial charge in [0.25, 0.3) is 5.91 Å². The normalized spacial score (nSPS) is 11.0. The summed E-state index contributed by atoms with van der Waals surface area (Å²) in [6, 6.07) is 5.13. The van der Waals surface area contributed by atoms with Gasteiger partial charge in [-0.2, -0.15) is 5.10 Å². The van der Waals surface area contributed by atoms with E-state index < -0.39 is 5.91 Å². The molecule has 0 radical (unpaired) electrons. The Morgan fingerprint density at radius 2 is 2.09 bits per heavy atom. The van der Waals surface area contributed by atoms with Gasteiger partial charge in [0, 0.05) is 10.7 Å². The van der Waals surface area contributed by atoms with Gasteiger partial charge in [0.15, 0.2) is 6.61 Å². The van der Waals surface area contributed by atoms with Crippen LogP contribution in [0.25, 0.3) is 0 Å². The highest BCUT2D eigenvalue weighted by atomic mass is 35.5. The molecule has 7 heteroatoms. The lowest BCUT2D eigenvalue weighted by atomic mass is 10.2. The third-order valence-electron chi connectivity index (χ3n) is 2.57. The minimum absolute atomic E-state index is 0.0330. The average molecular weight is 327 g/mol. The molecule has 0 bridgehead atoms. The second-order valence-corrected chi connectivity index (χ2v) is 5.00. The molecule has 0 saturated heterocycles. The SMILES string of the molecule is CCOC(=O)C/C(C)=N/NC(=O)COc1ccc(Cl)cc1C. The molecule has 6 nitrogen and oxygen atoms in total. The highest BCUT2D eigenvalue weighted by Gasteiger charge is 2.07. The number of nitrogens with zero attached hydrogens (tertiary/aromatic N) is 1. The zero-order valence-electron chi connectivity index (χ0n) is 12.8. The van der Waals surface area contributed by atoms with Crippen LogP contribution in [-0.4, -0.2) is 30.8 Å². The molecule has 1 amide bonds. The van der Waals surface area contributed by atoms with Gasteiger partial charge in [-0.1, -0.05) is 11.6 Å². The molecule has 0 aromatic heterocycles. The third-order valence-corrected chi connectivity index (χ3v) is 2.81. The van der Waals surface area contributed by atoms with Gasteiger partial charge in [0.1, 0.15) is 5.75 Å². The smallest absolute Gasteiger partial charge is 0.311 e. The van der Waals surface area contributed by atoms with Gasteiger partial charge in [-0.3, -0.25) is 9.59 Å². The second-order valence-electron chi connectivity index (χ2n) is 4.56. The van der Waals surface area contributed by atoms with E-state index >= 15 is 0 Å². The number of hydrogen-bond acceptors (Lipinski definition) is 5. The Hall–Kier alpha value is -2.08.